The fourth-order valence-corrected chi connectivity index (χ4v) is 1.07. The van der Waals surface area contributed by atoms with Crippen molar-refractivity contribution in [3.05, 3.63) is 6.92 Å². The Morgan fingerprint density at radius 2 is 1.70 bits per heavy atom. The van der Waals surface area contributed by atoms with Crippen LogP contribution in [0.25, 0.3) is 0 Å². The van der Waals surface area contributed by atoms with Gasteiger partial charge in [0.1, 0.15) is 0 Å². The molecule has 0 aromatic carbocycles. The summed E-state index contributed by atoms with van der Waals surface area (Å²) in [5.41, 5.74) is 0. The van der Waals surface area contributed by atoms with E-state index in [1.165, 1.54) is 26.2 Å². The smallest absolute Gasteiger partial charge is 0.0106 e. The average Bonchev–Trinajstić information content (AvgIpc) is 1.90. The van der Waals surface area contributed by atoms with E-state index in [0.29, 0.717) is 0 Å². The number of nitrogens with zero attached hydrogens (tertiary/aromatic N) is 2. The molecule has 0 atom stereocenters. The Bertz CT molecular complexity index is 79.7. The molecule has 57 valence electrons. The molecular weight excluding hydrogens is 201 g/mol. The van der Waals surface area contributed by atoms with E-state index in [2.05, 4.69) is 23.8 Å². The molecule has 0 aromatic heterocycles. The molecule has 2 nitrogen and oxygen atoms in total. The van der Waals surface area contributed by atoms with Gasteiger partial charge in [-0.05, 0) is 7.05 Å². The predicted octanol–water partition coefficient (Wildman–Crippen LogP) is 0.0654. The molecule has 0 unspecified atom stereocenters. The van der Waals surface area contributed by atoms with Crippen molar-refractivity contribution in [1.82, 2.24) is 9.80 Å². The van der Waals surface area contributed by atoms with Gasteiger partial charge in [0, 0.05) is 58.9 Å². The minimum Gasteiger partial charge on any atom is -0.330 e. The topological polar surface area (TPSA) is 6.48 Å². The van der Waals surface area contributed by atoms with E-state index in [4.69, 9.17) is 0 Å². The summed E-state index contributed by atoms with van der Waals surface area (Å²) in [6.45, 7) is 9.60. The van der Waals surface area contributed by atoms with Crippen LogP contribution in [0.15, 0.2) is 0 Å². The van der Waals surface area contributed by atoms with Gasteiger partial charge < -0.3 is 16.7 Å². The van der Waals surface area contributed by atoms with Gasteiger partial charge in [0.2, 0.25) is 0 Å². The van der Waals surface area contributed by atoms with Crippen LogP contribution in [0.4, 0.5) is 0 Å². The van der Waals surface area contributed by atoms with Crippen LogP contribution in [0.2, 0.25) is 0 Å². The summed E-state index contributed by atoms with van der Waals surface area (Å²) in [6, 6.07) is 0. The maximum atomic E-state index is 3.84. The minimum atomic E-state index is 0. The quantitative estimate of drug-likeness (QED) is 0.572. The molecule has 0 aromatic rings. The van der Waals surface area contributed by atoms with E-state index in [-0.39, 0.29) is 32.7 Å². The van der Waals surface area contributed by atoms with E-state index >= 15 is 0 Å². The zero-order valence-corrected chi connectivity index (χ0v) is 9.55. The Kier molecular flexibility index (Phi) is 6.22. The molecule has 1 saturated heterocycles. The van der Waals surface area contributed by atoms with Crippen molar-refractivity contribution >= 4 is 0 Å². The maximum Gasteiger partial charge on any atom is 0.0106 e. The summed E-state index contributed by atoms with van der Waals surface area (Å²) in [4.78, 5) is 4.73. The normalized spacial score (nSPS) is 22.2. The zero-order valence-electron chi connectivity index (χ0n) is 6.71. The van der Waals surface area contributed by atoms with Crippen LogP contribution >= 0.6 is 0 Å². The zero-order chi connectivity index (χ0) is 6.69. The molecule has 0 aliphatic carbocycles. The SMILES string of the molecule is [CH2-]CN1CCN(C)CC1.[Y]. The minimum absolute atomic E-state index is 0. The second kappa shape index (κ2) is 5.65. The van der Waals surface area contributed by atoms with Crippen LogP contribution in [-0.2, 0) is 32.7 Å². The van der Waals surface area contributed by atoms with Crippen LogP contribution < -0.4 is 0 Å². The van der Waals surface area contributed by atoms with Crippen molar-refractivity contribution in [3.63, 3.8) is 0 Å². The van der Waals surface area contributed by atoms with Crippen LogP contribution in [0.5, 0.6) is 0 Å². The van der Waals surface area contributed by atoms with Gasteiger partial charge in [0.25, 0.3) is 0 Å². The van der Waals surface area contributed by atoms with E-state index in [1.54, 1.807) is 0 Å². The summed E-state index contributed by atoms with van der Waals surface area (Å²) in [5.74, 6) is 0. The standard InChI is InChI=1S/C7H15N2.Y/c1-3-9-6-4-8(2)5-7-9;/h1,3-7H2,2H3;/q-1;. The summed E-state index contributed by atoms with van der Waals surface area (Å²) < 4.78 is 0. The Labute approximate surface area is 88.8 Å². The van der Waals surface area contributed by atoms with Gasteiger partial charge in [-0.1, -0.05) is 0 Å². The molecule has 1 heterocycles. The van der Waals surface area contributed by atoms with Crippen LogP contribution in [0, 0.1) is 6.92 Å². The van der Waals surface area contributed by atoms with Gasteiger partial charge in [-0.3, -0.25) is 0 Å². The third-order valence-corrected chi connectivity index (χ3v) is 1.91. The fraction of sp³-hybridized carbons (Fsp3) is 0.857. The Morgan fingerprint density at radius 1 is 1.20 bits per heavy atom. The third-order valence-electron chi connectivity index (χ3n) is 1.91. The van der Waals surface area contributed by atoms with Crippen molar-refractivity contribution in [2.24, 2.45) is 0 Å². The van der Waals surface area contributed by atoms with Gasteiger partial charge in [0.15, 0.2) is 0 Å². The molecule has 0 saturated carbocycles. The molecule has 0 N–H and O–H groups in total. The molecular formula is C7H15N2Y-. The molecule has 10 heavy (non-hydrogen) atoms. The van der Waals surface area contributed by atoms with Gasteiger partial charge in [-0.15, -0.1) is 6.54 Å². The first kappa shape index (κ1) is 11.0. The summed E-state index contributed by atoms with van der Waals surface area (Å²) in [7, 11) is 2.17. The molecule has 1 radical (unpaired) electrons. The fourth-order valence-electron chi connectivity index (χ4n) is 1.07. The van der Waals surface area contributed by atoms with Gasteiger partial charge in [-0.2, -0.15) is 0 Å². The number of hydrogen-bond donors (Lipinski definition) is 0. The summed E-state index contributed by atoms with van der Waals surface area (Å²) in [6.07, 6.45) is 0. The van der Waals surface area contributed by atoms with Crippen LogP contribution in [0.1, 0.15) is 0 Å². The number of hydrogen-bond acceptors (Lipinski definition) is 2. The maximum absolute atomic E-state index is 3.84. The van der Waals surface area contributed by atoms with Crippen molar-refractivity contribution < 1.29 is 32.7 Å². The van der Waals surface area contributed by atoms with Gasteiger partial charge in [0.05, 0.1) is 0 Å². The van der Waals surface area contributed by atoms with Gasteiger partial charge >= 0.3 is 0 Å². The van der Waals surface area contributed by atoms with Crippen LogP contribution in [0.3, 0.4) is 0 Å². The second-order valence-corrected chi connectivity index (χ2v) is 2.64. The molecule has 1 fully saturated rings. The molecule has 0 amide bonds. The first-order valence-electron chi connectivity index (χ1n) is 3.53. The Morgan fingerprint density at radius 3 is 2.10 bits per heavy atom. The van der Waals surface area contributed by atoms with E-state index < -0.39 is 0 Å². The average molecular weight is 216 g/mol. The predicted molar refractivity (Wildman–Crippen MR) is 39.3 cm³/mol. The summed E-state index contributed by atoms with van der Waals surface area (Å²) >= 11 is 0. The monoisotopic (exact) mass is 216 g/mol. The van der Waals surface area contributed by atoms with Crippen molar-refractivity contribution in [3.8, 4) is 0 Å². The second-order valence-electron chi connectivity index (χ2n) is 2.64. The van der Waals surface area contributed by atoms with Crippen molar-refractivity contribution in [2.45, 2.75) is 0 Å². The Hall–Kier alpha value is 1.02. The Balaban J connectivity index is 0.000000810. The van der Waals surface area contributed by atoms with Gasteiger partial charge in [-0.25, -0.2) is 0 Å². The first-order valence-corrected chi connectivity index (χ1v) is 3.53. The van der Waals surface area contributed by atoms with E-state index in [9.17, 15) is 0 Å². The van der Waals surface area contributed by atoms with Crippen LogP contribution in [-0.4, -0.2) is 49.6 Å². The molecule has 1 aliphatic rings. The first-order chi connectivity index (χ1) is 4.33. The van der Waals surface area contributed by atoms with Crippen molar-refractivity contribution in [2.75, 3.05) is 39.8 Å². The largest absolute Gasteiger partial charge is 0.330 e. The van der Waals surface area contributed by atoms with E-state index in [0.717, 1.165) is 6.54 Å². The molecule has 3 heteroatoms. The number of rotatable bonds is 1. The molecule has 0 spiro atoms. The summed E-state index contributed by atoms with van der Waals surface area (Å²) in [5, 5.41) is 0. The van der Waals surface area contributed by atoms with E-state index in [1.807, 2.05) is 0 Å². The molecule has 0 bridgehead atoms. The third kappa shape index (κ3) is 3.43. The van der Waals surface area contributed by atoms with Crippen molar-refractivity contribution in [1.29, 1.82) is 0 Å². The molecule has 1 aliphatic heterocycles. The number of piperazine rings is 1. The number of likely N-dealkylation sites (N-methyl/N-ethyl adjacent to an activating group) is 1. The molecule has 1 rings (SSSR count).